The molecule has 2 N–H and O–H groups in total. The van der Waals surface area contributed by atoms with Crippen LogP contribution in [0.3, 0.4) is 0 Å². The van der Waals surface area contributed by atoms with Crippen molar-refractivity contribution >= 4 is 51.7 Å². The second kappa shape index (κ2) is 6.87. The van der Waals surface area contributed by atoms with E-state index in [2.05, 4.69) is 10.3 Å². The van der Waals surface area contributed by atoms with Crippen molar-refractivity contribution in [3.8, 4) is 0 Å². The monoisotopic (exact) mass is 421 g/mol. The van der Waals surface area contributed by atoms with E-state index in [1.54, 1.807) is 10.6 Å². The summed E-state index contributed by atoms with van der Waals surface area (Å²) in [6.07, 6.45) is 0.321. The molecule has 0 bridgehead atoms. The van der Waals surface area contributed by atoms with Gasteiger partial charge >= 0.3 is 0 Å². The van der Waals surface area contributed by atoms with Crippen LogP contribution >= 0.6 is 34.8 Å². The highest BCUT2D eigenvalue weighted by Crippen LogP contribution is 2.20. The summed E-state index contributed by atoms with van der Waals surface area (Å²) >= 11 is 7.19. The lowest BCUT2D eigenvalue weighted by atomic mass is 10.2. The molecular formula is C14H17FIN3OS. The lowest BCUT2D eigenvalue weighted by Gasteiger charge is -2.08. The Bertz CT molecular complexity index is 723. The molecule has 114 valence electrons. The largest absolute Gasteiger partial charge is 0.356 e. The van der Waals surface area contributed by atoms with Crippen molar-refractivity contribution in [2.75, 3.05) is 6.54 Å². The van der Waals surface area contributed by atoms with Crippen LogP contribution in [0.2, 0.25) is 0 Å². The van der Waals surface area contributed by atoms with Crippen molar-refractivity contribution in [3.63, 3.8) is 0 Å². The number of hydrogen-bond donors (Lipinski definition) is 2. The minimum Gasteiger partial charge on any atom is -0.356 e. The second-order valence-corrected chi connectivity index (χ2v) is 6.86. The van der Waals surface area contributed by atoms with Crippen LogP contribution in [0.4, 0.5) is 4.39 Å². The normalized spacial score (nSPS) is 11.3. The van der Waals surface area contributed by atoms with E-state index in [0.29, 0.717) is 39.3 Å². The minimum absolute atomic E-state index is 0.0223. The number of imidazole rings is 1. The predicted octanol–water partition coefficient (Wildman–Crippen LogP) is 3.60. The molecule has 0 fully saturated rings. The molecule has 1 aromatic heterocycles. The van der Waals surface area contributed by atoms with Gasteiger partial charge in [-0.3, -0.25) is 4.79 Å². The number of fused-ring (bicyclic) bond motifs is 1. The third kappa shape index (κ3) is 4.03. The summed E-state index contributed by atoms with van der Waals surface area (Å²) in [5.41, 5.74) is 1.47. The maximum Gasteiger partial charge on any atom is 0.221 e. The zero-order valence-electron chi connectivity index (χ0n) is 11.9. The lowest BCUT2D eigenvalue weighted by molar-refractivity contribution is -0.121. The average molecular weight is 421 g/mol. The Hall–Kier alpha value is -0.960. The van der Waals surface area contributed by atoms with Crippen LogP contribution in [0.5, 0.6) is 0 Å². The molecule has 0 aliphatic heterocycles. The zero-order valence-corrected chi connectivity index (χ0v) is 14.8. The van der Waals surface area contributed by atoms with E-state index in [9.17, 15) is 9.18 Å². The Labute approximate surface area is 141 Å². The minimum atomic E-state index is -0.282. The quantitative estimate of drug-likeness (QED) is 0.573. The molecule has 0 saturated carbocycles. The van der Waals surface area contributed by atoms with Gasteiger partial charge in [-0.15, -0.1) is 0 Å². The summed E-state index contributed by atoms with van der Waals surface area (Å²) < 4.78 is 16.5. The Morgan fingerprint density at radius 1 is 1.52 bits per heavy atom. The van der Waals surface area contributed by atoms with Crippen molar-refractivity contribution < 1.29 is 9.18 Å². The number of rotatable bonds is 5. The molecule has 0 aliphatic rings. The van der Waals surface area contributed by atoms with Crippen LogP contribution < -0.4 is 5.32 Å². The van der Waals surface area contributed by atoms with Crippen LogP contribution in [0.1, 0.15) is 20.3 Å². The molecule has 1 aromatic carbocycles. The maximum absolute atomic E-state index is 13.7. The van der Waals surface area contributed by atoms with Gasteiger partial charge in [0.05, 0.1) is 14.6 Å². The first-order valence-corrected chi connectivity index (χ1v) is 8.21. The van der Waals surface area contributed by atoms with Gasteiger partial charge in [-0.05, 0) is 46.8 Å². The van der Waals surface area contributed by atoms with Gasteiger partial charge in [-0.1, -0.05) is 13.8 Å². The SMILES string of the molecule is CC(C)CNC(=O)CCn1c(=S)[nH]c2cc(I)c(F)cc21. The molecule has 0 radical (unpaired) electrons. The number of hydrogen-bond acceptors (Lipinski definition) is 2. The molecule has 2 aromatic rings. The van der Waals surface area contributed by atoms with Gasteiger partial charge < -0.3 is 14.9 Å². The molecular weight excluding hydrogens is 404 g/mol. The number of aromatic nitrogens is 2. The molecule has 0 spiro atoms. The molecule has 1 heterocycles. The number of amides is 1. The molecule has 0 atom stereocenters. The number of nitrogens with zero attached hydrogens (tertiary/aromatic N) is 1. The fourth-order valence-corrected chi connectivity index (χ4v) is 2.76. The van der Waals surface area contributed by atoms with Crippen LogP contribution in [0, 0.1) is 20.1 Å². The average Bonchev–Trinajstić information content (AvgIpc) is 2.70. The number of carbonyl (C=O) groups excluding carboxylic acids is 1. The number of H-pyrrole nitrogens is 1. The smallest absolute Gasteiger partial charge is 0.221 e. The maximum atomic E-state index is 13.7. The third-order valence-corrected chi connectivity index (χ3v) is 4.24. The van der Waals surface area contributed by atoms with Crippen LogP contribution in [0.25, 0.3) is 11.0 Å². The summed E-state index contributed by atoms with van der Waals surface area (Å²) in [6, 6.07) is 3.17. The van der Waals surface area contributed by atoms with Crippen molar-refractivity contribution in [2.24, 2.45) is 5.92 Å². The van der Waals surface area contributed by atoms with Crippen LogP contribution in [0.15, 0.2) is 12.1 Å². The van der Waals surface area contributed by atoms with Gasteiger partial charge in [0.25, 0.3) is 0 Å². The highest BCUT2D eigenvalue weighted by Gasteiger charge is 2.10. The fraction of sp³-hybridized carbons (Fsp3) is 0.429. The predicted molar refractivity (Wildman–Crippen MR) is 92.3 cm³/mol. The summed E-state index contributed by atoms with van der Waals surface area (Å²) in [5, 5.41) is 2.86. The molecule has 0 saturated heterocycles. The number of benzene rings is 1. The van der Waals surface area contributed by atoms with Gasteiger partial charge in [0.1, 0.15) is 5.82 Å². The van der Waals surface area contributed by atoms with E-state index in [1.165, 1.54) is 6.07 Å². The second-order valence-electron chi connectivity index (χ2n) is 5.31. The topological polar surface area (TPSA) is 49.8 Å². The van der Waals surface area contributed by atoms with Crippen molar-refractivity contribution in [1.29, 1.82) is 0 Å². The highest BCUT2D eigenvalue weighted by molar-refractivity contribution is 14.1. The first-order chi connectivity index (χ1) is 9.88. The number of aryl methyl sites for hydroxylation is 1. The zero-order chi connectivity index (χ0) is 15.6. The van der Waals surface area contributed by atoms with Crippen molar-refractivity contribution in [2.45, 2.75) is 26.8 Å². The van der Waals surface area contributed by atoms with E-state index in [-0.39, 0.29) is 11.7 Å². The first-order valence-electron chi connectivity index (χ1n) is 6.72. The Morgan fingerprint density at radius 3 is 2.90 bits per heavy atom. The summed E-state index contributed by atoms with van der Waals surface area (Å²) in [5.74, 6) is 0.112. The van der Waals surface area contributed by atoms with Gasteiger partial charge in [0, 0.05) is 25.6 Å². The van der Waals surface area contributed by atoms with Crippen LogP contribution in [-0.4, -0.2) is 22.0 Å². The molecule has 4 nitrogen and oxygen atoms in total. The first kappa shape index (κ1) is 16.4. The molecule has 21 heavy (non-hydrogen) atoms. The molecule has 0 unspecified atom stereocenters. The van der Waals surface area contributed by atoms with E-state index in [4.69, 9.17) is 12.2 Å². The molecule has 7 heteroatoms. The van der Waals surface area contributed by atoms with Gasteiger partial charge in [-0.2, -0.15) is 0 Å². The third-order valence-electron chi connectivity index (χ3n) is 3.09. The lowest BCUT2D eigenvalue weighted by Crippen LogP contribution is -2.28. The van der Waals surface area contributed by atoms with Crippen molar-refractivity contribution in [1.82, 2.24) is 14.9 Å². The number of aromatic amines is 1. The number of halogens is 2. The van der Waals surface area contributed by atoms with Crippen molar-refractivity contribution in [3.05, 3.63) is 26.3 Å². The van der Waals surface area contributed by atoms with Gasteiger partial charge in [0.2, 0.25) is 5.91 Å². The summed E-state index contributed by atoms with van der Waals surface area (Å²) in [6.45, 7) is 5.18. The van der Waals surface area contributed by atoms with E-state index in [1.807, 2.05) is 36.4 Å². The van der Waals surface area contributed by atoms with Gasteiger partial charge in [-0.25, -0.2) is 4.39 Å². The number of nitrogens with one attached hydrogen (secondary N) is 2. The Morgan fingerprint density at radius 2 is 2.24 bits per heavy atom. The highest BCUT2D eigenvalue weighted by atomic mass is 127. The Kier molecular flexibility index (Phi) is 5.37. The summed E-state index contributed by atoms with van der Waals surface area (Å²) in [7, 11) is 0. The number of carbonyl (C=O) groups is 1. The standard InChI is InChI=1S/C14H17FIN3OS/c1-8(2)7-17-13(20)3-4-19-12-5-9(15)10(16)6-11(12)18-14(19)21/h5-6,8H,3-4,7H2,1-2H3,(H,17,20)(H,18,21). The Balaban J connectivity index is 2.15. The van der Waals surface area contributed by atoms with Gasteiger partial charge in [0.15, 0.2) is 4.77 Å². The summed E-state index contributed by atoms with van der Waals surface area (Å²) in [4.78, 5) is 14.8. The van der Waals surface area contributed by atoms with E-state index < -0.39 is 0 Å². The molecule has 0 aliphatic carbocycles. The molecule has 1 amide bonds. The van der Waals surface area contributed by atoms with E-state index in [0.717, 1.165) is 5.52 Å². The van der Waals surface area contributed by atoms with E-state index >= 15 is 0 Å². The fourth-order valence-electron chi connectivity index (χ4n) is 1.99. The van der Waals surface area contributed by atoms with Crippen LogP contribution in [-0.2, 0) is 11.3 Å². The molecule has 2 rings (SSSR count).